The van der Waals surface area contributed by atoms with Crippen molar-refractivity contribution in [3.8, 4) is 24.3 Å². The lowest BCUT2D eigenvalue weighted by Crippen LogP contribution is -2.18. The van der Waals surface area contributed by atoms with Crippen LogP contribution in [0.15, 0.2) is 18.2 Å². The van der Waals surface area contributed by atoms with Gasteiger partial charge in [-0.2, -0.15) is 21.0 Å². The second-order valence-corrected chi connectivity index (χ2v) is 8.42. The molecule has 4 nitrogen and oxygen atoms in total. The minimum Gasteiger partial charge on any atom is -0.192 e. The van der Waals surface area contributed by atoms with Crippen molar-refractivity contribution in [1.29, 1.82) is 21.0 Å². The maximum absolute atomic E-state index is 9.25. The third kappa shape index (κ3) is 10.3. The highest BCUT2D eigenvalue weighted by Crippen LogP contribution is 2.13. The predicted octanol–water partition coefficient (Wildman–Crippen LogP) is 6.11. The van der Waals surface area contributed by atoms with Gasteiger partial charge in [0.2, 0.25) is 0 Å². The molecule has 0 saturated heterocycles. The molecular formula is C28H36N4. The molecule has 0 unspecified atom stereocenters. The Hall–Kier alpha value is -3.08. The zero-order chi connectivity index (χ0) is 23.4. The second kappa shape index (κ2) is 17.6. The van der Waals surface area contributed by atoms with Gasteiger partial charge in [-0.1, -0.05) is 103 Å². The van der Waals surface area contributed by atoms with E-state index in [4.69, 9.17) is 10.5 Å². The quantitative estimate of drug-likeness (QED) is 0.315. The van der Waals surface area contributed by atoms with Crippen molar-refractivity contribution in [1.82, 2.24) is 0 Å². The van der Waals surface area contributed by atoms with E-state index in [9.17, 15) is 10.5 Å². The van der Waals surface area contributed by atoms with E-state index >= 15 is 0 Å². The standard InChI is InChI=1S/C28H36N4/c1-2-3-4-5-6-7-8-9-10-11-12-13-14-15-16-25-19-24(26(20-29)21-30)17-18-28(25)27(22-31)23-32/h17-19H,2-16H2,1H3. The molecular weight excluding hydrogens is 392 g/mol. The van der Waals surface area contributed by atoms with Gasteiger partial charge in [0.05, 0.1) is 0 Å². The Morgan fingerprint density at radius 1 is 0.594 bits per heavy atom. The number of rotatable bonds is 15. The van der Waals surface area contributed by atoms with E-state index in [0.29, 0.717) is 10.4 Å². The summed E-state index contributed by atoms with van der Waals surface area (Å²) < 4.78 is 0. The lowest BCUT2D eigenvalue weighted by atomic mass is 9.99. The highest BCUT2D eigenvalue weighted by Gasteiger charge is 2.05. The van der Waals surface area contributed by atoms with E-state index in [-0.39, 0.29) is 11.1 Å². The minimum atomic E-state index is 0.0502. The molecule has 0 aliphatic carbocycles. The Balaban J connectivity index is 2.43. The molecule has 1 aromatic rings. The van der Waals surface area contributed by atoms with Gasteiger partial charge in [-0.15, -0.1) is 0 Å². The summed E-state index contributed by atoms with van der Waals surface area (Å²) in [6.45, 7) is 2.26. The van der Waals surface area contributed by atoms with Gasteiger partial charge in [-0.05, 0) is 24.5 Å². The van der Waals surface area contributed by atoms with Crippen LogP contribution >= 0.6 is 0 Å². The van der Waals surface area contributed by atoms with Crippen LogP contribution in [0.2, 0.25) is 0 Å². The van der Waals surface area contributed by atoms with Gasteiger partial charge in [-0.25, -0.2) is 0 Å². The molecule has 0 aromatic heterocycles. The van der Waals surface area contributed by atoms with Crippen LogP contribution in [0.5, 0.6) is 0 Å². The van der Waals surface area contributed by atoms with Crippen LogP contribution in [0.25, 0.3) is 11.1 Å². The van der Waals surface area contributed by atoms with Crippen molar-refractivity contribution in [2.45, 2.75) is 103 Å². The number of aryl methyl sites for hydroxylation is 1. The van der Waals surface area contributed by atoms with Crippen LogP contribution in [0.1, 0.15) is 102 Å². The lowest BCUT2D eigenvalue weighted by Gasteiger charge is -2.05. The Labute approximate surface area is 194 Å². The van der Waals surface area contributed by atoms with Crippen LogP contribution < -0.4 is 10.4 Å². The summed E-state index contributed by atoms with van der Waals surface area (Å²) in [7, 11) is 0. The third-order valence-corrected chi connectivity index (χ3v) is 5.91. The number of hydrogen-bond donors (Lipinski definition) is 0. The molecule has 0 heterocycles. The van der Waals surface area contributed by atoms with E-state index in [0.717, 1.165) is 24.8 Å². The van der Waals surface area contributed by atoms with Crippen molar-refractivity contribution in [3.63, 3.8) is 0 Å². The topological polar surface area (TPSA) is 95.2 Å². The summed E-state index contributed by atoms with van der Waals surface area (Å²) in [4.78, 5) is 0. The number of hydrogen-bond acceptors (Lipinski definition) is 4. The average molecular weight is 429 g/mol. The van der Waals surface area contributed by atoms with Crippen LogP contribution in [-0.2, 0) is 6.42 Å². The highest BCUT2D eigenvalue weighted by atomic mass is 14.3. The predicted molar refractivity (Wildman–Crippen MR) is 129 cm³/mol. The molecule has 0 aliphatic heterocycles. The summed E-state index contributed by atoms with van der Waals surface area (Å²) in [5.74, 6) is 0. The normalized spacial score (nSPS) is 9.91. The van der Waals surface area contributed by atoms with Crippen LogP contribution in [0.4, 0.5) is 0 Å². The Kier molecular flexibility index (Phi) is 14.8. The van der Waals surface area contributed by atoms with Gasteiger partial charge in [0.15, 0.2) is 0 Å². The molecule has 0 radical (unpaired) electrons. The van der Waals surface area contributed by atoms with Crippen molar-refractivity contribution >= 4 is 11.1 Å². The fraction of sp³-hybridized carbons (Fsp3) is 0.571. The Morgan fingerprint density at radius 2 is 1.03 bits per heavy atom. The zero-order valence-electron chi connectivity index (χ0n) is 19.6. The number of nitriles is 4. The molecule has 0 fully saturated rings. The Morgan fingerprint density at radius 3 is 1.47 bits per heavy atom. The first kappa shape index (κ1) is 27.0. The van der Waals surface area contributed by atoms with Crippen LogP contribution in [0.3, 0.4) is 0 Å². The van der Waals surface area contributed by atoms with Crippen LogP contribution in [-0.4, -0.2) is 0 Å². The molecule has 0 aliphatic rings. The van der Waals surface area contributed by atoms with E-state index in [1.165, 1.54) is 77.0 Å². The van der Waals surface area contributed by atoms with Gasteiger partial charge in [0.25, 0.3) is 0 Å². The lowest BCUT2D eigenvalue weighted by molar-refractivity contribution is 0.535. The first-order chi connectivity index (χ1) is 15.7. The summed E-state index contributed by atoms with van der Waals surface area (Å²) >= 11 is 0. The monoisotopic (exact) mass is 428 g/mol. The molecule has 0 saturated carbocycles. The zero-order valence-corrected chi connectivity index (χ0v) is 19.6. The first-order valence-electron chi connectivity index (χ1n) is 12.2. The highest BCUT2D eigenvalue weighted by molar-refractivity contribution is 5.75. The van der Waals surface area contributed by atoms with E-state index in [1.54, 1.807) is 18.2 Å². The fourth-order valence-electron chi connectivity index (χ4n) is 4.01. The minimum absolute atomic E-state index is 0.0502. The molecule has 1 aromatic carbocycles. The molecule has 0 spiro atoms. The first-order valence-corrected chi connectivity index (χ1v) is 12.2. The van der Waals surface area contributed by atoms with Gasteiger partial charge in [0, 0.05) is 10.4 Å². The summed E-state index contributed by atoms with van der Waals surface area (Å²) in [6, 6.07) is 12.8. The molecule has 0 bridgehead atoms. The molecule has 0 amide bonds. The largest absolute Gasteiger partial charge is 0.192 e. The van der Waals surface area contributed by atoms with Crippen molar-refractivity contribution in [2.75, 3.05) is 0 Å². The maximum atomic E-state index is 9.25. The molecule has 1 rings (SSSR count). The second-order valence-electron chi connectivity index (χ2n) is 8.42. The van der Waals surface area contributed by atoms with E-state index in [1.807, 2.05) is 24.3 Å². The molecule has 32 heavy (non-hydrogen) atoms. The van der Waals surface area contributed by atoms with Crippen molar-refractivity contribution < 1.29 is 0 Å². The van der Waals surface area contributed by atoms with Gasteiger partial charge in [-0.3, -0.25) is 0 Å². The van der Waals surface area contributed by atoms with E-state index in [2.05, 4.69) is 6.92 Å². The van der Waals surface area contributed by atoms with Gasteiger partial charge < -0.3 is 0 Å². The smallest absolute Gasteiger partial charge is 0.137 e. The third-order valence-electron chi connectivity index (χ3n) is 5.91. The van der Waals surface area contributed by atoms with E-state index < -0.39 is 0 Å². The average Bonchev–Trinajstić information content (AvgIpc) is 2.82. The van der Waals surface area contributed by atoms with Gasteiger partial charge in [0.1, 0.15) is 35.4 Å². The number of benzene rings is 1. The van der Waals surface area contributed by atoms with Crippen LogP contribution in [0, 0.1) is 45.3 Å². The summed E-state index contributed by atoms with van der Waals surface area (Å²) in [5, 5.41) is 37.9. The maximum Gasteiger partial charge on any atom is 0.137 e. The molecule has 0 N–H and O–H groups in total. The fourth-order valence-corrected chi connectivity index (χ4v) is 4.01. The van der Waals surface area contributed by atoms with Gasteiger partial charge >= 0.3 is 0 Å². The summed E-state index contributed by atoms with van der Waals surface area (Å²) in [5.41, 5.74) is 0.990. The Bertz CT molecular complexity index is 945. The molecule has 0 atom stereocenters. The SMILES string of the molecule is CCCCCCCCCCCCCCCCc1cc(=C(C#N)C#N)ccc1=C(C#N)C#N. The molecule has 168 valence electrons. The molecule has 4 heteroatoms. The number of unbranched alkanes of at least 4 members (excludes halogenated alkanes) is 13. The summed E-state index contributed by atoms with van der Waals surface area (Å²) in [6.07, 6.45) is 18.8. The number of nitrogens with zero attached hydrogens (tertiary/aromatic N) is 4. The van der Waals surface area contributed by atoms with Crippen molar-refractivity contribution in [3.05, 3.63) is 34.2 Å². The van der Waals surface area contributed by atoms with Crippen molar-refractivity contribution in [2.24, 2.45) is 0 Å².